The van der Waals surface area contributed by atoms with Crippen molar-refractivity contribution in [2.45, 2.75) is 39.0 Å². The van der Waals surface area contributed by atoms with Crippen LogP contribution in [0.5, 0.6) is 0 Å². The van der Waals surface area contributed by atoms with Crippen LogP contribution in [0.15, 0.2) is 0 Å². The van der Waals surface area contributed by atoms with Crippen molar-refractivity contribution in [1.29, 1.82) is 0 Å². The van der Waals surface area contributed by atoms with Crippen LogP contribution < -0.4 is 0 Å². The molecule has 0 aromatic heterocycles. The molecule has 0 aromatic carbocycles. The van der Waals surface area contributed by atoms with Crippen LogP contribution in [-0.4, -0.2) is 30.4 Å². The number of rotatable bonds is 6. The van der Waals surface area contributed by atoms with Gasteiger partial charge < -0.3 is 4.90 Å². The zero-order chi connectivity index (χ0) is 9.56. The average Bonchev–Trinajstić information content (AvgIpc) is 1.98. The second-order valence-electron chi connectivity index (χ2n) is 3.68. The van der Waals surface area contributed by atoms with Gasteiger partial charge in [0.2, 0.25) is 0 Å². The highest BCUT2D eigenvalue weighted by Gasteiger charge is 2.08. The maximum absolute atomic E-state index is 5.90. The summed E-state index contributed by atoms with van der Waals surface area (Å²) in [4.78, 5) is 2.33. The van der Waals surface area contributed by atoms with Crippen molar-refractivity contribution in [3.05, 3.63) is 0 Å². The number of alkyl halides is 1. The molecule has 0 rings (SSSR count). The Bertz CT molecular complexity index is 100. The molecule has 0 aliphatic heterocycles. The molecule has 0 saturated carbocycles. The Kier molecular flexibility index (Phi) is 6.87. The lowest BCUT2D eigenvalue weighted by Gasteiger charge is -2.22. The Morgan fingerprint density at radius 3 is 2.00 bits per heavy atom. The highest BCUT2D eigenvalue weighted by molar-refractivity contribution is 6.20. The number of hydrogen-bond acceptors (Lipinski definition) is 1. The second kappa shape index (κ2) is 6.73. The minimum absolute atomic E-state index is 0.268. The number of nitrogens with zero attached hydrogens (tertiary/aromatic N) is 1. The Morgan fingerprint density at radius 1 is 1.17 bits per heavy atom. The maximum atomic E-state index is 5.90. The lowest BCUT2D eigenvalue weighted by Crippen LogP contribution is -2.29. The minimum atomic E-state index is 0.268. The first-order chi connectivity index (χ1) is 5.60. The molecule has 0 amide bonds. The van der Waals surface area contributed by atoms with E-state index in [0.717, 1.165) is 12.5 Å². The number of halogens is 1. The summed E-state index contributed by atoms with van der Waals surface area (Å²) < 4.78 is 0. The predicted molar refractivity (Wildman–Crippen MR) is 56.9 cm³/mol. The van der Waals surface area contributed by atoms with Crippen molar-refractivity contribution < 1.29 is 0 Å². The van der Waals surface area contributed by atoms with E-state index < -0.39 is 0 Å². The van der Waals surface area contributed by atoms with E-state index in [9.17, 15) is 0 Å². The first kappa shape index (κ1) is 12.2. The van der Waals surface area contributed by atoms with Crippen LogP contribution in [0.3, 0.4) is 0 Å². The molecule has 0 saturated heterocycles. The fourth-order valence-corrected chi connectivity index (χ4v) is 1.73. The fourth-order valence-electron chi connectivity index (χ4n) is 1.49. The molecule has 0 N–H and O–H groups in total. The van der Waals surface area contributed by atoms with Crippen molar-refractivity contribution in [2.24, 2.45) is 5.92 Å². The summed E-state index contributed by atoms with van der Waals surface area (Å²) in [5.74, 6) is 0.838. The van der Waals surface area contributed by atoms with Gasteiger partial charge in [-0.1, -0.05) is 26.7 Å². The molecule has 0 aliphatic rings. The molecule has 1 unspecified atom stereocenters. The van der Waals surface area contributed by atoms with Crippen LogP contribution in [0, 0.1) is 5.92 Å². The van der Waals surface area contributed by atoms with Gasteiger partial charge in [0.1, 0.15) is 0 Å². The molecule has 0 aliphatic carbocycles. The van der Waals surface area contributed by atoms with E-state index in [0.29, 0.717) is 0 Å². The lowest BCUT2D eigenvalue weighted by molar-refractivity contribution is 0.269. The molecule has 0 aromatic rings. The Morgan fingerprint density at radius 2 is 1.67 bits per heavy atom. The third kappa shape index (κ3) is 5.84. The maximum Gasteiger partial charge on any atom is 0.0434 e. The van der Waals surface area contributed by atoms with Crippen molar-refractivity contribution in [3.8, 4) is 0 Å². The first-order valence-corrected chi connectivity index (χ1v) is 5.36. The van der Waals surface area contributed by atoms with E-state index in [1.807, 2.05) is 6.92 Å². The summed E-state index contributed by atoms with van der Waals surface area (Å²) in [6, 6.07) is 0. The van der Waals surface area contributed by atoms with Crippen LogP contribution >= 0.6 is 11.6 Å². The van der Waals surface area contributed by atoms with Crippen molar-refractivity contribution in [3.63, 3.8) is 0 Å². The zero-order valence-corrected chi connectivity index (χ0v) is 9.56. The van der Waals surface area contributed by atoms with E-state index in [-0.39, 0.29) is 5.38 Å². The zero-order valence-electron chi connectivity index (χ0n) is 8.81. The summed E-state index contributed by atoms with van der Waals surface area (Å²) in [6.07, 6.45) is 2.55. The van der Waals surface area contributed by atoms with Gasteiger partial charge in [0.05, 0.1) is 0 Å². The van der Waals surface area contributed by atoms with E-state index in [1.54, 1.807) is 0 Å². The van der Waals surface area contributed by atoms with E-state index in [4.69, 9.17) is 11.6 Å². The molecule has 0 radical (unpaired) electrons. The number of hydrogen-bond donors (Lipinski definition) is 0. The van der Waals surface area contributed by atoms with Gasteiger partial charge in [-0.15, -0.1) is 11.6 Å². The molecule has 2 heteroatoms. The SMILES string of the molecule is CCC(CC)CN(C)CC(C)Cl. The summed E-state index contributed by atoms with van der Waals surface area (Å²) in [5.41, 5.74) is 0. The molecule has 0 fully saturated rings. The van der Waals surface area contributed by atoms with Gasteiger partial charge in [0.15, 0.2) is 0 Å². The standard InChI is InChI=1S/C10H22ClN/c1-5-10(6-2)8-12(4)7-9(3)11/h9-10H,5-8H2,1-4H3. The van der Waals surface area contributed by atoms with E-state index >= 15 is 0 Å². The van der Waals surface area contributed by atoms with Crippen molar-refractivity contribution in [2.75, 3.05) is 20.1 Å². The monoisotopic (exact) mass is 191 g/mol. The normalized spacial score (nSPS) is 14.2. The summed E-state index contributed by atoms with van der Waals surface area (Å²) in [6.45, 7) is 8.74. The second-order valence-corrected chi connectivity index (χ2v) is 4.43. The summed E-state index contributed by atoms with van der Waals surface area (Å²) in [7, 11) is 2.15. The molecular weight excluding hydrogens is 170 g/mol. The molecule has 12 heavy (non-hydrogen) atoms. The fraction of sp³-hybridized carbons (Fsp3) is 1.00. The topological polar surface area (TPSA) is 3.24 Å². The molecular formula is C10H22ClN. The summed E-state index contributed by atoms with van der Waals surface area (Å²) in [5, 5.41) is 0.268. The van der Waals surface area contributed by atoms with Gasteiger partial charge in [-0.3, -0.25) is 0 Å². The van der Waals surface area contributed by atoms with Crippen LogP contribution in [0.2, 0.25) is 0 Å². The molecule has 1 nitrogen and oxygen atoms in total. The lowest BCUT2D eigenvalue weighted by atomic mass is 10.0. The average molecular weight is 192 g/mol. The molecule has 0 spiro atoms. The van der Waals surface area contributed by atoms with Gasteiger partial charge in [-0.25, -0.2) is 0 Å². The molecule has 74 valence electrons. The van der Waals surface area contributed by atoms with Gasteiger partial charge in [0.25, 0.3) is 0 Å². The van der Waals surface area contributed by atoms with Gasteiger partial charge in [-0.2, -0.15) is 0 Å². The van der Waals surface area contributed by atoms with E-state index in [2.05, 4.69) is 25.8 Å². The highest BCUT2D eigenvalue weighted by Crippen LogP contribution is 2.09. The van der Waals surface area contributed by atoms with E-state index in [1.165, 1.54) is 19.4 Å². The largest absolute Gasteiger partial charge is 0.305 e. The summed E-state index contributed by atoms with van der Waals surface area (Å²) >= 11 is 5.90. The predicted octanol–water partition coefficient (Wildman–Crippen LogP) is 2.98. The van der Waals surface area contributed by atoms with Gasteiger partial charge >= 0.3 is 0 Å². The van der Waals surface area contributed by atoms with Crippen molar-refractivity contribution >= 4 is 11.6 Å². The molecule has 1 atom stereocenters. The minimum Gasteiger partial charge on any atom is -0.305 e. The molecule has 0 bridgehead atoms. The Hall–Kier alpha value is 0.250. The van der Waals surface area contributed by atoms with Crippen molar-refractivity contribution in [1.82, 2.24) is 4.90 Å². The van der Waals surface area contributed by atoms with Gasteiger partial charge in [0, 0.05) is 18.5 Å². The van der Waals surface area contributed by atoms with Crippen LogP contribution in [-0.2, 0) is 0 Å². The highest BCUT2D eigenvalue weighted by atomic mass is 35.5. The Balaban J connectivity index is 3.58. The van der Waals surface area contributed by atoms with Crippen LogP contribution in [0.4, 0.5) is 0 Å². The van der Waals surface area contributed by atoms with Gasteiger partial charge in [-0.05, 0) is 19.9 Å². The quantitative estimate of drug-likeness (QED) is 0.584. The Labute approximate surface area is 82.1 Å². The van der Waals surface area contributed by atoms with Crippen LogP contribution in [0.1, 0.15) is 33.6 Å². The first-order valence-electron chi connectivity index (χ1n) is 4.92. The third-order valence-corrected chi connectivity index (χ3v) is 2.43. The van der Waals surface area contributed by atoms with Crippen LogP contribution in [0.25, 0.3) is 0 Å². The molecule has 0 heterocycles. The third-order valence-electron chi connectivity index (χ3n) is 2.29. The smallest absolute Gasteiger partial charge is 0.0434 e.